The molecule has 19 heteroatoms. The number of hydrogen-bond acceptors (Lipinski definition) is 15. The van der Waals surface area contributed by atoms with E-state index in [-0.39, 0.29) is 25.7 Å². The lowest BCUT2D eigenvalue weighted by Gasteiger charge is -2.21. The Morgan fingerprint density at radius 3 is 0.723 bits per heavy atom. The fourth-order valence-corrected chi connectivity index (χ4v) is 13.0. The van der Waals surface area contributed by atoms with Crippen LogP contribution in [0.1, 0.15) is 382 Å². The highest BCUT2D eigenvalue weighted by atomic mass is 31.2. The van der Waals surface area contributed by atoms with Crippen LogP contribution in [0.4, 0.5) is 0 Å². The third-order valence-corrected chi connectivity index (χ3v) is 19.3. The molecule has 0 radical (unpaired) electrons. The van der Waals surface area contributed by atoms with Crippen molar-refractivity contribution in [2.45, 2.75) is 401 Å². The molecule has 0 spiro atoms. The number of phosphoric acid groups is 2. The van der Waals surface area contributed by atoms with E-state index in [2.05, 4.69) is 48.5 Å². The summed E-state index contributed by atoms with van der Waals surface area (Å²) in [4.78, 5) is 72.8. The molecule has 0 saturated carbocycles. The molecule has 3 N–H and O–H groups in total. The summed E-state index contributed by atoms with van der Waals surface area (Å²) >= 11 is 0. The van der Waals surface area contributed by atoms with Crippen molar-refractivity contribution in [3.63, 3.8) is 0 Å². The zero-order chi connectivity index (χ0) is 69.4. The monoisotopic (exact) mass is 1380 g/mol. The van der Waals surface area contributed by atoms with Gasteiger partial charge in [0.05, 0.1) is 26.4 Å². The summed E-state index contributed by atoms with van der Waals surface area (Å²) in [5, 5.41) is 10.6. The minimum Gasteiger partial charge on any atom is -0.462 e. The number of aliphatic hydroxyl groups is 1. The summed E-state index contributed by atoms with van der Waals surface area (Å²) in [6.45, 7) is 11.9. The second kappa shape index (κ2) is 65.7. The number of hydrogen-bond donors (Lipinski definition) is 3. The third-order valence-electron chi connectivity index (χ3n) is 17.4. The van der Waals surface area contributed by atoms with Crippen LogP contribution in [0.2, 0.25) is 0 Å². The van der Waals surface area contributed by atoms with E-state index in [0.29, 0.717) is 25.7 Å². The molecule has 0 aromatic carbocycles. The number of unbranched alkanes of at least 4 members (excludes halogenated alkanes) is 41. The number of carbonyl (C=O) groups is 4. The number of rotatable bonds is 73. The van der Waals surface area contributed by atoms with Gasteiger partial charge in [0, 0.05) is 25.7 Å². The first-order chi connectivity index (χ1) is 45.2. The Balaban J connectivity index is 5.26. The lowest BCUT2D eigenvalue weighted by Crippen LogP contribution is -2.30. The smallest absolute Gasteiger partial charge is 0.462 e. The predicted molar refractivity (Wildman–Crippen MR) is 381 cm³/mol. The molecule has 0 aliphatic rings. The highest BCUT2D eigenvalue weighted by Gasteiger charge is 2.30. The molecule has 2 unspecified atom stereocenters. The number of ether oxygens (including phenoxy) is 4. The van der Waals surface area contributed by atoms with Gasteiger partial charge in [-0.3, -0.25) is 37.3 Å². The van der Waals surface area contributed by atoms with Gasteiger partial charge in [-0.15, -0.1) is 0 Å². The lowest BCUT2D eigenvalue weighted by molar-refractivity contribution is -0.161. The maximum Gasteiger partial charge on any atom is 0.472 e. The molecule has 0 aromatic rings. The average molecular weight is 1380 g/mol. The maximum absolute atomic E-state index is 13.1. The van der Waals surface area contributed by atoms with Gasteiger partial charge in [-0.2, -0.15) is 0 Å². The summed E-state index contributed by atoms with van der Waals surface area (Å²) in [6, 6.07) is 0. The van der Waals surface area contributed by atoms with Crippen molar-refractivity contribution in [1.82, 2.24) is 0 Å². The van der Waals surface area contributed by atoms with E-state index in [9.17, 15) is 43.2 Å². The minimum atomic E-state index is -4.96. The van der Waals surface area contributed by atoms with Crippen molar-refractivity contribution in [3.05, 3.63) is 0 Å². The summed E-state index contributed by atoms with van der Waals surface area (Å²) in [6.07, 6.45) is 51.2. The van der Waals surface area contributed by atoms with Crippen LogP contribution in [-0.4, -0.2) is 96.7 Å². The number of esters is 4. The molecule has 0 heterocycles. The Morgan fingerprint density at radius 1 is 0.287 bits per heavy atom. The zero-order valence-corrected chi connectivity index (χ0v) is 63.2. The quantitative estimate of drug-likeness (QED) is 0.0222. The number of phosphoric ester groups is 2. The molecule has 0 amide bonds. The fourth-order valence-electron chi connectivity index (χ4n) is 11.4. The van der Waals surface area contributed by atoms with Crippen molar-refractivity contribution in [2.75, 3.05) is 39.6 Å². The molecule has 94 heavy (non-hydrogen) atoms. The average Bonchev–Trinajstić information content (AvgIpc) is 2.38. The topological polar surface area (TPSA) is 237 Å². The lowest BCUT2D eigenvalue weighted by atomic mass is 10.0. The standard InChI is InChI=1S/C75H146O17P2/c1-8-9-10-11-12-13-14-21-28-35-42-49-56-72(77)85-63-71(92-75(80)59-52-45-38-31-24-27-34-41-48-55-68(6)7)65-90-94(83,84)88-61-69(76)60-87-93(81,82)89-64-70(62-86-73(78)57-50-43-36-29-23-18-20-26-33-40-47-54-67(4)5)91-74(79)58-51-44-37-30-22-17-15-16-19-25-32-39-46-53-66(2)3/h66-71,76H,8-65H2,1-7H3,(H,81,82)(H,83,84)/t69-,70-,71-/m1/s1. The van der Waals surface area contributed by atoms with Gasteiger partial charge >= 0.3 is 39.5 Å². The van der Waals surface area contributed by atoms with Crippen molar-refractivity contribution >= 4 is 39.5 Å². The summed E-state index contributed by atoms with van der Waals surface area (Å²) in [7, 11) is -9.91. The van der Waals surface area contributed by atoms with Crippen LogP contribution in [0.3, 0.4) is 0 Å². The summed E-state index contributed by atoms with van der Waals surface area (Å²) in [5.74, 6) is 0.176. The molecule has 0 rings (SSSR count). The van der Waals surface area contributed by atoms with Crippen molar-refractivity contribution < 1.29 is 80.2 Å². The van der Waals surface area contributed by atoms with E-state index in [1.165, 1.54) is 193 Å². The minimum absolute atomic E-state index is 0.105. The number of carbonyl (C=O) groups excluding carboxylic acids is 4. The van der Waals surface area contributed by atoms with Crippen LogP contribution in [0.25, 0.3) is 0 Å². The van der Waals surface area contributed by atoms with Gasteiger partial charge in [-0.1, -0.05) is 331 Å². The Hall–Kier alpha value is -1.94. The molecule has 17 nitrogen and oxygen atoms in total. The highest BCUT2D eigenvalue weighted by Crippen LogP contribution is 2.45. The molecule has 0 aliphatic heterocycles. The normalized spacial score (nSPS) is 14.1. The summed E-state index contributed by atoms with van der Waals surface area (Å²) in [5.41, 5.74) is 0. The molecule has 0 fully saturated rings. The Labute approximate surface area is 575 Å². The largest absolute Gasteiger partial charge is 0.472 e. The van der Waals surface area contributed by atoms with E-state index >= 15 is 0 Å². The van der Waals surface area contributed by atoms with Crippen LogP contribution in [-0.2, 0) is 65.4 Å². The highest BCUT2D eigenvalue weighted by molar-refractivity contribution is 7.47. The fraction of sp³-hybridized carbons (Fsp3) is 0.947. The van der Waals surface area contributed by atoms with Gasteiger partial charge in [0.15, 0.2) is 12.2 Å². The second-order valence-electron chi connectivity index (χ2n) is 28.5. The summed E-state index contributed by atoms with van der Waals surface area (Å²) < 4.78 is 68.5. The van der Waals surface area contributed by atoms with Gasteiger partial charge in [0.25, 0.3) is 0 Å². The number of aliphatic hydroxyl groups excluding tert-OH is 1. The predicted octanol–water partition coefficient (Wildman–Crippen LogP) is 21.8. The molecule has 0 saturated heterocycles. The third kappa shape index (κ3) is 68.6. The first kappa shape index (κ1) is 92.1. The van der Waals surface area contributed by atoms with Gasteiger partial charge in [0.1, 0.15) is 19.3 Å². The second-order valence-corrected chi connectivity index (χ2v) is 31.4. The van der Waals surface area contributed by atoms with Gasteiger partial charge in [-0.25, -0.2) is 9.13 Å². The Bertz CT molecular complexity index is 1840. The van der Waals surface area contributed by atoms with Crippen LogP contribution in [0, 0.1) is 17.8 Å². The molecule has 558 valence electrons. The van der Waals surface area contributed by atoms with Crippen molar-refractivity contribution in [3.8, 4) is 0 Å². The Kier molecular flexibility index (Phi) is 64.3. The first-order valence-electron chi connectivity index (χ1n) is 38.8. The van der Waals surface area contributed by atoms with Crippen LogP contribution in [0.5, 0.6) is 0 Å². The molecular formula is C75H146O17P2. The molecular weight excluding hydrogens is 1230 g/mol. The van der Waals surface area contributed by atoms with E-state index in [4.69, 9.17) is 37.0 Å². The van der Waals surface area contributed by atoms with Gasteiger partial charge in [-0.05, 0) is 43.4 Å². The zero-order valence-electron chi connectivity index (χ0n) is 61.4. The van der Waals surface area contributed by atoms with Crippen molar-refractivity contribution in [2.24, 2.45) is 17.8 Å². The maximum atomic E-state index is 13.1. The van der Waals surface area contributed by atoms with Gasteiger partial charge in [0.2, 0.25) is 0 Å². The van der Waals surface area contributed by atoms with E-state index < -0.39 is 97.5 Å². The van der Waals surface area contributed by atoms with Crippen molar-refractivity contribution in [1.29, 1.82) is 0 Å². The molecule has 5 atom stereocenters. The van der Waals surface area contributed by atoms with Crippen LogP contribution >= 0.6 is 15.6 Å². The SMILES string of the molecule is CCCCCCCCCCCCCCC(=O)OC[C@H](COP(=O)(O)OC[C@H](O)COP(=O)(O)OC[C@@H](COC(=O)CCCCCCCCCCCCCC(C)C)OC(=O)CCCCCCCCCCCCCCCC(C)C)OC(=O)CCCCCCCCCCCC(C)C. The van der Waals surface area contributed by atoms with Crippen LogP contribution < -0.4 is 0 Å². The van der Waals surface area contributed by atoms with E-state index in [0.717, 1.165) is 108 Å². The van der Waals surface area contributed by atoms with E-state index in [1.807, 2.05) is 0 Å². The van der Waals surface area contributed by atoms with Gasteiger partial charge < -0.3 is 33.8 Å². The van der Waals surface area contributed by atoms with E-state index in [1.54, 1.807) is 0 Å². The first-order valence-corrected chi connectivity index (χ1v) is 41.8. The molecule has 0 aromatic heterocycles. The molecule has 0 bridgehead atoms. The van der Waals surface area contributed by atoms with Crippen LogP contribution in [0.15, 0.2) is 0 Å². The molecule has 0 aliphatic carbocycles. The Morgan fingerprint density at radius 2 is 0.489 bits per heavy atom.